The predicted octanol–water partition coefficient (Wildman–Crippen LogP) is 4.51. The summed E-state index contributed by atoms with van der Waals surface area (Å²) in [5.41, 5.74) is 2.39. The summed E-state index contributed by atoms with van der Waals surface area (Å²) < 4.78 is 6.08. The number of carbonyl (C=O) groups is 1. The minimum absolute atomic E-state index is 0.0986. The highest BCUT2D eigenvalue weighted by Gasteiger charge is 2.32. The number of ketones is 1. The van der Waals surface area contributed by atoms with Gasteiger partial charge in [-0.15, -0.1) is 0 Å². The minimum Gasteiger partial charge on any atom is -0.482 e. The quantitative estimate of drug-likeness (QED) is 0.772. The Morgan fingerprint density at radius 2 is 1.71 bits per heavy atom. The van der Waals surface area contributed by atoms with Gasteiger partial charge in [0.1, 0.15) is 11.4 Å². The van der Waals surface area contributed by atoms with E-state index in [0.29, 0.717) is 6.42 Å². The molecular formula is C19H18O2. The Morgan fingerprint density at radius 1 is 1.05 bits per heavy atom. The highest BCUT2D eigenvalue weighted by molar-refractivity contribution is 5.97. The van der Waals surface area contributed by atoms with Gasteiger partial charge in [-0.2, -0.15) is 0 Å². The summed E-state index contributed by atoms with van der Waals surface area (Å²) in [6, 6.07) is 17.3. The van der Waals surface area contributed by atoms with Crippen LogP contribution in [-0.2, 0) is 0 Å². The third-order valence-corrected chi connectivity index (χ3v) is 3.78. The number of allylic oxidation sites excluding steroid dienone is 1. The molecule has 0 aliphatic carbocycles. The van der Waals surface area contributed by atoms with Gasteiger partial charge in [-0.05, 0) is 31.6 Å². The molecule has 0 spiro atoms. The van der Waals surface area contributed by atoms with Gasteiger partial charge < -0.3 is 4.74 Å². The second kappa shape index (κ2) is 5.21. The zero-order chi connectivity index (χ0) is 14.9. The van der Waals surface area contributed by atoms with Crippen LogP contribution in [0.3, 0.4) is 0 Å². The van der Waals surface area contributed by atoms with Gasteiger partial charge in [0.2, 0.25) is 0 Å². The normalized spacial score (nSPS) is 20.2. The van der Waals surface area contributed by atoms with E-state index in [1.807, 2.05) is 61.5 Å². The summed E-state index contributed by atoms with van der Waals surface area (Å²) in [5.74, 6) is 0.947. The van der Waals surface area contributed by atoms with Crippen LogP contribution in [0.2, 0.25) is 0 Å². The Balaban J connectivity index is 1.87. The van der Waals surface area contributed by atoms with Crippen molar-refractivity contribution in [3.63, 3.8) is 0 Å². The van der Waals surface area contributed by atoms with Gasteiger partial charge in [-0.25, -0.2) is 0 Å². The van der Waals surface area contributed by atoms with E-state index in [4.69, 9.17) is 4.74 Å². The molecule has 0 N–H and O–H groups in total. The van der Waals surface area contributed by atoms with Crippen molar-refractivity contribution in [1.29, 1.82) is 0 Å². The van der Waals surface area contributed by atoms with Gasteiger partial charge in [-0.3, -0.25) is 4.79 Å². The standard InChI is InChI=1S/C19H18O2/c1-14-12-19(2,21-18-11-7-6-10-16(14)18)13-17(20)15-8-4-3-5-9-15/h3-12H,13H2,1-2H3/t19-/m0/s1. The lowest BCUT2D eigenvalue weighted by atomic mass is 9.89. The third kappa shape index (κ3) is 2.75. The first-order valence-corrected chi connectivity index (χ1v) is 7.13. The van der Waals surface area contributed by atoms with Crippen LogP contribution >= 0.6 is 0 Å². The molecule has 0 radical (unpaired) electrons. The topological polar surface area (TPSA) is 26.3 Å². The number of rotatable bonds is 3. The lowest BCUT2D eigenvalue weighted by Crippen LogP contribution is -2.35. The number of ether oxygens (including phenoxy) is 1. The molecule has 2 heteroatoms. The molecular weight excluding hydrogens is 260 g/mol. The van der Waals surface area contributed by atoms with E-state index in [2.05, 4.69) is 13.0 Å². The summed E-state index contributed by atoms with van der Waals surface area (Å²) >= 11 is 0. The summed E-state index contributed by atoms with van der Waals surface area (Å²) in [4.78, 5) is 12.4. The molecule has 3 rings (SSSR count). The number of hydrogen-bond acceptors (Lipinski definition) is 2. The summed E-state index contributed by atoms with van der Waals surface area (Å²) in [7, 11) is 0. The summed E-state index contributed by atoms with van der Waals surface area (Å²) in [6.07, 6.45) is 2.39. The molecule has 0 unspecified atom stereocenters. The fourth-order valence-corrected chi connectivity index (χ4v) is 2.83. The molecule has 0 fully saturated rings. The Labute approximate surface area is 125 Å². The van der Waals surface area contributed by atoms with E-state index in [1.165, 1.54) is 0 Å². The van der Waals surface area contributed by atoms with Crippen LogP contribution in [0, 0.1) is 0 Å². The lowest BCUT2D eigenvalue weighted by molar-refractivity contribution is 0.0809. The molecule has 1 aliphatic heterocycles. The van der Waals surface area contributed by atoms with Crippen LogP contribution in [0.5, 0.6) is 5.75 Å². The zero-order valence-electron chi connectivity index (χ0n) is 12.3. The molecule has 0 bridgehead atoms. The van der Waals surface area contributed by atoms with E-state index in [0.717, 1.165) is 22.4 Å². The first kappa shape index (κ1) is 13.6. The Hall–Kier alpha value is -2.35. The van der Waals surface area contributed by atoms with E-state index in [-0.39, 0.29) is 5.78 Å². The van der Waals surface area contributed by atoms with E-state index in [1.54, 1.807) is 0 Å². The molecule has 21 heavy (non-hydrogen) atoms. The third-order valence-electron chi connectivity index (χ3n) is 3.78. The van der Waals surface area contributed by atoms with Crippen molar-refractivity contribution in [2.75, 3.05) is 0 Å². The van der Waals surface area contributed by atoms with E-state index >= 15 is 0 Å². The molecule has 2 aromatic carbocycles. The van der Waals surface area contributed by atoms with E-state index < -0.39 is 5.60 Å². The molecule has 0 amide bonds. The zero-order valence-corrected chi connectivity index (χ0v) is 12.3. The largest absolute Gasteiger partial charge is 0.482 e. The average Bonchev–Trinajstić information content (AvgIpc) is 2.47. The maximum absolute atomic E-state index is 12.4. The van der Waals surface area contributed by atoms with Crippen molar-refractivity contribution in [2.45, 2.75) is 25.9 Å². The molecule has 0 saturated heterocycles. The summed E-state index contributed by atoms with van der Waals surface area (Å²) in [5, 5.41) is 0. The monoisotopic (exact) mass is 278 g/mol. The minimum atomic E-state index is -0.592. The fraction of sp³-hybridized carbons (Fsp3) is 0.211. The van der Waals surface area contributed by atoms with Gasteiger partial charge in [0, 0.05) is 11.1 Å². The smallest absolute Gasteiger partial charge is 0.167 e. The number of carbonyl (C=O) groups excluding carboxylic acids is 1. The average molecular weight is 278 g/mol. The van der Waals surface area contributed by atoms with Crippen molar-refractivity contribution in [1.82, 2.24) is 0 Å². The van der Waals surface area contributed by atoms with Crippen LogP contribution in [0.4, 0.5) is 0 Å². The van der Waals surface area contributed by atoms with Gasteiger partial charge >= 0.3 is 0 Å². The van der Waals surface area contributed by atoms with Crippen LogP contribution in [-0.4, -0.2) is 11.4 Å². The number of benzene rings is 2. The molecule has 0 aromatic heterocycles. The number of para-hydroxylation sites is 1. The highest BCUT2D eigenvalue weighted by Crippen LogP contribution is 2.37. The van der Waals surface area contributed by atoms with Crippen LogP contribution < -0.4 is 4.74 Å². The molecule has 0 saturated carbocycles. The van der Waals surface area contributed by atoms with Crippen LogP contribution in [0.25, 0.3) is 5.57 Å². The van der Waals surface area contributed by atoms with Crippen molar-refractivity contribution in [2.24, 2.45) is 0 Å². The first-order valence-electron chi connectivity index (χ1n) is 7.13. The van der Waals surface area contributed by atoms with Gasteiger partial charge in [0.25, 0.3) is 0 Å². The maximum atomic E-state index is 12.4. The molecule has 1 atom stereocenters. The molecule has 2 nitrogen and oxygen atoms in total. The first-order chi connectivity index (χ1) is 10.1. The van der Waals surface area contributed by atoms with Gasteiger partial charge in [0.15, 0.2) is 5.78 Å². The Kier molecular flexibility index (Phi) is 3.38. The van der Waals surface area contributed by atoms with Gasteiger partial charge in [0.05, 0.1) is 6.42 Å². The second-order valence-electron chi connectivity index (χ2n) is 5.70. The van der Waals surface area contributed by atoms with Crippen molar-refractivity contribution in [3.05, 3.63) is 71.8 Å². The number of fused-ring (bicyclic) bond motifs is 1. The predicted molar refractivity (Wildman–Crippen MR) is 84.5 cm³/mol. The van der Waals surface area contributed by atoms with Crippen LogP contribution in [0.1, 0.15) is 36.2 Å². The fourth-order valence-electron chi connectivity index (χ4n) is 2.83. The Morgan fingerprint density at radius 3 is 2.48 bits per heavy atom. The number of hydrogen-bond donors (Lipinski definition) is 0. The van der Waals surface area contributed by atoms with Crippen molar-refractivity contribution < 1.29 is 9.53 Å². The molecule has 1 heterocycles. The molecule has 2 aromatic rings. The van der Waals surface area contributed by atoms with Crippen LogP contribution in [0.15, 0.2) is 60.7 Å². The Bertz CT molecular complexity index is 701. The molecule has 106 valence electrons. The molecule has 1 aliphatic rings. The van der Waals surface area contributed by atoms with Gasteiger partial charge in [-0.1, -0.05) is 48.5 Å². The highest BCUT2D eigenvalue weighted by atomic mass is 16.5. The van der Waals surface area contributed by atoms with E-state index in [9.17, 15) is 4.79 Å². The number of Topliss-reactive ketones (excluding diaryl/α,β-unsaturated/α-hetero) is 1. The SMILES string of the molecule is CC1=C[C@@](C)(CC(=O)c2ccccc2)Oc2ccccc21. The lowest BCUT2D eigenvalue weighted by Gasteiger charge is -2.33. The maximum Gasteiger partial charge on any atom is 0.167 e. The van der Waals surface area contributed by atoms with Crippen molar-refractivity contribution in [3.8, 4) is 5.75 Å². The van der Waals surface area contributed by atoms with Crippen molar-refractivity contribution >= 4 is 11.4 Å². The summed E-state index contributed by atoms with van der Waals surface area (Å²) in [6.45, 7) is 4.03. The second-order valence-corrected chi connectivity index (χ2v) is 5.70.